The summed E-state index contributed by atoms with van der Waals surface area (Å²) in [6.45, 7) is 1.60. The van der Waals surface area contributed by atoms with Crippen LogP contribution in [0, 0.1) is 23.7 Å². The van der Waals surface area contributed by atoms with Crippen LogP contribution >= 0.6 is 0 Å². The van der Waals surface area contributed by atoms with Gasteiger partial charge in [-0.25, -0.2) is 18.8 Å². The number of aromatic nitrogens is 4. The molecule has 0 radical (unpaired) electrons. The Balaban J connectivity index is 1.40. The zero-order valence-electron chi connectivity index (χ0n) is 25.6. The van der Waals surface area contributed by atoms with Crippen LogP contribution in [0.3, 0.4) is 0 Å². The van der Waals surface area contributed by atoms with Crippen molar-refractivity contribution in [3.8, 4) is 28.8 Å². The molecule has 2 saturated carbocycles. The van der Waals surface area contributed by atoms with Crippen molar-refractivity contribution in [2.24, 2.45) is 5.41 Å². The molecule has 2 aromatic heterocycles. The Labute approximate surface area is 258 Å². The first-order valence-corrected chi connectivity index (χ1v) is 14.9. The summed E-state index contributed by atoms with van der Waals surface area (Å²) in [4.78, 5) is 28.1. The minimum absolute atomic E-state index is 0.00995. The van der Waals surface area contributed by atoms with Gasteiger partial charge in [0.2, 0.25) is 0 Å². The second-order valence-corrected chi connectivity index (χ2v) is 13.1. The number of carbonyl (C=O) groups is 1. The molecule has 234 valence electrons. The molecule has 1 unspecified atom stereocenters. The molecule has 12 heteroatoms. The molecule has 2 aliphatic carbocycles. The first-order chi connectivity index (χ1) is 21.2. The van der Waals surface area contributed by atoms with E-state index in [9.17, 15) is 28.0 Å². The molecule has 45 heavy (non-hydrogen) atoms. The van der Waals surface area contributed by atoms with Gasteiger partial charge in [0.25, 0.3) is 0 Å². The third-order valence-corrected chi connectivity index (χ3v) is 9.44. The Morgan fingerprint density at radius 3 is 2.36 bits per heavy atom. The molecule has 1 spiro atoms. The van der Waals surface area contributed by atoms with Crippen LogP contribution in [0.4, 0.5) is 18.0 Å². The van der Waals surface area contributed by atoms with Gasteiger partial charge in [-0.2, -0.15) is 23.5 Å². The number of nitriles is 1. The average Bonchev–Trinajstić information content (AvgIpc) is 3.38. The van der Waals surface area contributed by atoms with E-state index < -0.39 is 23.5 Å². The molecule has 2 aliphatic rings. The molecule has 9 nitrogen and oxygen atoms in total. The summed E-state index contributed by atoms with van der Waals surface area (Å²) < 4.78 is 45.5. The fourth-order valence-electron chi connectivity index (χ4n) is 7.12. The van der Waals surface area contributed by atoms with Gasteiger partial charge in [0, 0.05) is 17.9 Å². The van der Waals surface area contributed by atoms with E-state index in [0.29, 0.717) is 28.4 Å². The lowest BCUT2D eigenvalue weighted by atomic mass is 9.82. The maximum absolute atomic E-state index is 14.1. The third-order valence-electron chi connectivity index (χ3n) is 9.44. The van der Waals surface area contributed by atoms with Gasteiger partial charge in [-0.05, 0) is 81.1 Å². The van der Waals surface area contributed by atoms with Gasteiger partial charge in [-0.1, -0.05) is 6.07 Å². The van der Waals surface area contributed by atoms with E-state index in [1.807, 2.05) is 0 Å². The summed E-state index contributed by atoms with van der Waals surface area (Å²) in [5, 5.41) is 16.7. The van der Waals surface area contributed by atoms with Gasteiger partial charge in [0.1, 0.15) is 5.69 Å². The summed E-state index contributed by atoms with van der Waals surface area (Å²) in [6, 6.07) is 14.6. The second kappa shape index (κ2) is 10.8. The second-order valence-electron chi connectivity index (χ2n) is 13.1. The van der Waals surface area contributed by atoms with Crippen LogP contribution < -0.4 is 11.0 Å². The van der Waals surface area contributed by atoms with Crippen LogP contribution in [0.1, 0.15) is 48.9 Å². The molecule has 0 saturated heterocycles. The molecule has 2 heterocycles. The molecule has 4 aromatic rings. The smallest absolute Gasteiger partial charge is 0.335 e. The highest BCUT2D eigenvalue weighted by Gasteiger charge is 2.62. The molecular weight excluding hydrogens is 583 g/mol. The zero-order chi connectivity index (χ0) is 32.3. The number of benzene rings is 2. The van der Waals surface area contributed by atoms with E-state index in [2.05, 4.69) is 37.6 Å². The quantitative estimate of drug-likeness (QED) is 0.292. The summed E-state index contributed by atoms with van der Waals surface area (Å²) in [7, 11) is 6.63. The minimum atomic E-state index is -4.62. The maximum Gasteiger partial charge on any atom is 0.416 e. The van der Waals surface area contributed by atoms with Gasteiger partial charge in [-0.3, -0.25) is 4.57 Å². The van der Waals surface area contributed by atoms with Crippen LogP contribution in [0.15, 0.2) is 65.6 Å². The number of hydrogen-bond acceptors (Lipinski definition) is 4. The highest BCUT2D eigenvalue weighted by molar-refractivity contribution is 5.83. The molecule has 0 bridgehead atoms. The number of alkyl halides is 3. The number of hydrogen-bond donors (Lipinski definition) is 1. The topological polar surface area (TPSA) is 97.6 Å². The number of imidazole rings is 1. The maximum atomic E-state index is 14.1. The van der Waals surface area contributed by atoms with Crippen LogP contribution in [-0.2, 0) is 6.18 Å². The Kier molecular flexibility index (Phi) is 7.27. The van der Waals surface area contributed by atoms with E-state index in [1.54, 1.807) is 37.3 Å². The lowest BCUT2D eigenvalue weighted by Gasteiger charge is -2.33. The normalized spacial score (nSPS) is 21.5. The number of amides is 1. The first kappa shape index (κ1) is 30.4. The molecule has 2 aromatic carbocycles. The largest absolute Gasteiger partial charge is 0.416 e. The fourth-order valence-corrected chi connectivity index (χ4v) is 7.12. The predicted molar refractivity (Wildman–Crippen MR) is 162 cm³/mol. The summed E-state index contributed by atoms with van der Waals surface area (Å²) in [6.07, 6.45) is 1.59. The molecule has 1 amide bonds. The molecule has 1 atom stereocenters. The lowest BCUT2D eigenvalue weighted by molar-refractivity contribution is -0.885. The monoisotopic (exact) mass is 618 g/mol. The molecule has 0 aliphatic heterocycles. The van der Waals surface area contributed by atoms with Crippen molar-refractivity contribution in [3.63, 3.8) is 0 Å². The van der Waals surface area contributed by atoms with Crippen molar-refractivity contribution in [2.45, 2.75) is 57.3 Å². The van der Waals surface area contributed by atoms with Gasteiger partial charge in [0.05, 0.1) is 73.3 Å². The number of carbonyl (C=O) groups excluding carboxylic acids is 1. The van der Waals surface area contributed by atoms with Crippen molar-refractivity contribution in [3.05, 3.63) is 88.1 Å². The highest BCUT2D eigenvalue weighted by atomic mass is 19.4. The van der Waals surface area contributed by atoms with E-state index >= 15 is 0 Å². The average molecular weight is 619 g/mol. The Hall–Kier alpha value is -4.63. The van der Waals surface area contributed by atoms with Crippen molar-refractivity contribution < 1.29 is 22.4 Å². The molecule has 6 rings (SSSR count). The van der Waals surface area contributed by atoms with Crippen molar-refractivity contribution in [1.29, 1.82) is 5.26 Å². The third kappa shape index (κ3) is 5.46. The fraction of sp³-hybridized carbons (Fsp3) is 0.394. The summed E-state index contributed by atoms with van der Waals surface area (Å²) in [5.74, 6) is 0. The van der Waals surface area contributed by atoms with Gasteiger partial charge < -0.3 is 9.80 Å². The Morgan fingerprint density at radius 1 is 1.07 bits per heavy atom. The molecular formula is C33H35F3N7O2+. The lowest BCUT2D eigenvalue weighted by Crippen LogP contribution is -2.45. The van der Waals surface area contributed by atoms with Gasteiger partial charge in [0.15, 0.2) is 0 Å². The Morgan fingerprint density at radius 2 is 1.76 bits per heavy atom. The van der Waals surface area contributed by atoms with Crippen molar-refractivity contribution in [2.75, 3.05) is 21.1 Å². The van der Waals surface area contributed by atoms with Crippen molar-refractivity contribution >= 4 is 6.03 Å². The van der Waals surface area contributed by atoms with Gasteiger partial charge >= 0.3 is 17.9 Å². The van der Waals surface area contributed by atoms with Crippen LogP contribution in [0.25, 0.3) is 22.8 Å². The number of nitrogens with one attached hydrogen (secondary N) is 1. The molecule has 2 fully saturated rings. The number of nitrogens with zero attached hydrogens (tertiary/aromatic N) is 6. The van der Waals surface area contributed by atoms with Crippen LogP contribution in [-0.4, -0.2) is 62.7 Å². The van der Waals surface area contributed by atoms with Gasteiger partial charge in [-0.15, -0.1) is 0 Å². The first-order valence-electron chi connectivity index (χ1n) is 14.9. The Bertz CT molecular complexity index is 1860. The number of rotatable bonds is 5. The van der Waals surface area contributed by atoms with Crippen LogP contribution in [0.2, 0.25) is 0 Å². The summed E-state index contributed by atoms with van der Waals surface area (Å²) >= 11 is 0. The van der Waals surface area contributed by atoms with E-state index in [-0.39, 0.29) is 23.1 Å². The van der Waals surface area contributed by atoms with E-state index in [4.69, 9.17) is 0 Å². The van der Waals surface area contributed by atoms with E-state index in [1.165, 1.54) is 29.4 Å². The number of halogens is 3. The SMILES string of the molecule is Cc1c(-c2ccnn2-c2ccc(C#N)cc2)n(C(=O)NC2CCC3(CC2)CC3[N+](C)(C)C)c(=O)n1-c1cccc(C(F)(F)F)c1. The zero-order valence-corrected chi connectivity index (χ0v) is 25.6. The highest BCUT2D eigenvalue weighted by Crippen LogP contribution is 2.59. The van der Waals surface area contributed by atoms with E-state index in [0.717, 1.165) is 51.4 Å². The van der Waals surface area contributed by atoms with Crippen molar-refractivity contribution in [1.82, 2.24) is 24.2 Å². The summed E-state index contributed by atoms with van der Waals surface area (Å²) in [5.41, 5.74) is 0.483. The predicted octanol–water partition coefficient (Wildman–Crippen LogP) is 5.66. The molecule has 1 N–H and O–H groups in total. The minimum Gasteiger partial charge on any atom is -0.335 e. The standard InChI is InChI=1S/C33H34F3N7O2/c1-21-29(27-14-17-38-42(27)25-10-8-22(20-37)9-11-25)41(31(45)40(21)26-7-5-6-23(18-26)33(34,35)36)30(44)39-24-12-15-32(16-13-24)19-28(32)43(2,3)4/h5-11,14,17-18,24,28H,12-13,15-16,19H2,1-4H3/p+1. The number of quaternary nitrogens is 1. The van der Waals surface area contributed by atoms with Crippen LogP contribution in [0.5, 0.6) is 0 Å².